The van der Waals surface area contributed by atoms with Gasteiger partial charge in [-0.25, -0.2) is 4.98 Å². The van der Waals surface area contributed by atoms with Crippen molar-refractivity contribution in [1.82, 2.24) is 14.9 Å². The molecule has 1 aliphatic rings. The smallest absolute Gasteiger partial charge is 0.109 e. The van der Waals surface area contributed by atoms with Gasteiger partial charge < -0.3 is 9.88 Å². The van der Waals surface area contributed by atoms with E-state index in [1.54, 1.807) is 0 Å². The van der Waals surface area contributed by atoms with Crippen molar-refractivity contribution >= 4 is 22.6 Å². The summed E-state index contributed by atoms with van der Waals surface area (Å²) >= 11 is 6.02. The van der Waals surface area contributed by atoms with Crippen molar-refractivity contribution in [3.63, 3.8) is 0 Å². The van der Waals surface area contributed by atoms with E-state index in [9.17, 15) is 0 Å². The minimum absolute atomic E-state index is 0.664. The third-order valence-corrected chi connectivity index (χ3v) is 4.30. The number of hydrogen-bond donors (Lipinski definition) is 1. The zero-order valence-corrected chi connectivity index (χ0v) is 12.1. The van der Waals surface area contributed by atoms with Crippen LogP contribution in [0.4, 0.5) is 0 Å². The van der Waals surface area contributed by atoms with Gasteiger partial charge in [0.15, 0.2) is 0 Å². The molecular weight excluding hydrogens is 258 g/mol. The monoisotopic (exact) mass is 277 g/mol. The van der Waals surface area contributed by atoms with Crippen LogP contribution in [-0.4, -0.2) is 22.1 Å². The molecular formula is C15H20ClN3. The fourth-order valence-corrected chi connectivity index (χ4v) is 3.09. The molecule has 1 atom stereocenters. The van der Waals surface area contributed by atoms with E-state index in [-0.39, 0.29) is 0 Å². The van der Waals surface area contributed by atoms with Crippen LogP contribution < -0.4 is 5.32 Å². The highest BCUT2D eigenvalue weighted by molar-refractivity contribution is 6.31. The first-order valence-electron chi connectivity index (χ1n) is 7.08. The van der Waals surface area contributed by atoms with Crippen molar-refractivity contribution in [2.45, 2.75) is 38.1 Å². The molecule has 19 heavy (non-hydrogen) atoms. The van der Waals surface area contributed by atoms with Gasteiger partial charge in [-0.3, -0.25) is 0 Å². The van der Waals surface area contributed by atoms with Gasteiger partial charge in [-0.15, -0.1) is 0 Å². The second kappa shape index (κ2) is 5.51. The zero-order valence-electron chi connectivity index (χ0n) is 11.3. The number of benzene rings is 1. The van der Waals surface area contributed by atoms with E-state index in [0.29, 0.717) is 6.04 Å². The Hall–Kier alpha value is -1.06. The molecule has 3 nitrogen and oxygen atoms in total. The van der Waals surface area contributed by atoms with Crippen LogP contribution >= 0.6 is 11.6 Å². The van der Waals surface area contributed by atoms with E-state index in [4.69, 9.17) is 16.6 Å². The molecule has 1 fully saturated rings. The Morgan fingerprint density at radius 2 is 2.32 bits per heavy atom. The summed E-state index contributed by atoms with van der Waals surface area (Å²) in [5, 5.41) is 4.35. The molecule has 102 valence electrons. The summed E-state index contributed by atoms with van der Waals surface area (Å²) in [6.45, 7) is 1.17. The molecule has 0 radical (unpaired) electrons. The van der Waals surface area contributed by atoms with E-state index in [1.165, 1.54) is 32.2 Å². The van der Waals surface area contributed by atoms with Gasteiger partial charge in [-0.2, -0.15) is 0 Å². The molecule has 0 bridgehead atoms. The number of imidazole rings is 1. The highest BCUT2D eigenvalue weighted by Gasteiger charge is 2.14. The number of fused-ring (bicyclic) bond motifs is 1. The molecule has 0 aliphatic carbocycles. The second-order valence-corrected chi connectivity index (χ2v) is 5.84. The topological polar surface area (TPSA) is 29.9 Å². The van der Waals surface area contributed by atoms with Crippen molar-refractivity contribution in [3.05, 3.63) is 29.0 Å². The van der Waals surface area contributed by atoms with Crippen LogP contribution in [0.25, 0.3) is 11.0 Å². The van der Waals surface area contributed by atoms with Crippen molar-refractivity contribution in [2.75, 3.05) is 6.54 Å². The third-order valence-electron chi connectivity index (χ3n) is 4.06. The normalized spacial score (nSPS) is 20.0. The van der Waals surface area contributed by atoms with Crippen LogP contribution in [0.2, 0.25) is 5.02 Å². The standard InChI is InChI=1S/C15H20ClN3/c1-19-14-7-5-11(16)10-13(14)18-15(19)8-6-12-4-2-3-9-17-12/h5,7,10,12,17H,2-4,6,8-9H2,1H3. The third kappa shape index (κ3) is 2.77. The second-order valence-electron chi connectivity index (χ2n) is 5.41. The predicted octanol–water partition coefficient (Wildman–Crippen LogP) is 3.30. The fraction of sp³-hybridized carbons (Fsp3) is 0.533. The van der Waals surface area contributed by atoms with Gasteiger partial charge in [0, 0.05) is 24.5 Å². The molecule has 1 unspecified atom stereocenters. The van der Waals surface area contributed by atoms with E-state index in [1.807, 2.05) is 18.2 Å². The van der Waals surface area contributed by atoms with Gasteiger partial charge in [0.25, 0.3) is 0 Å². The van der Waals surface area contributed by atoms with Crippen molar-refractivity contribution < 1.29 is 0 Å². The number of nitrogens with one attached hydrogen (secondary N) is 1. The number of piperidine rings is 1. The van der Waals surface area contributed by atoms with E-state index >= 15 is 0 Å². The fourth-order valence-electron chi connectivity index (χ4n) is 2.92. The van der Waals surface area contributed by atoms with Crippen LogP contribution in [0, 0.1) is 0 Å². The van der Waals surface area contributed by atoms with Gasteiger partial charge in [0.2, 0.25) is 0 Å². The van der Waals surface area contributed by atoms with Gasteiger partial charge in [-0.1, -0.05) is 18.0 Å². The number of halogens is 1. The van der Waals surface area contributed by atoms with Crippen molar-refractivity contribution in [1.29, 1.82) is 0 Å². The average molecular weight is 278 g/mol. The van der Waals surface area contributed by atoms with Crippen molar-refractivity contribution in [3.8, 4) is 0 Å². The first kappa shape index (κ1) is 12.9. The number of rotatable bonds is 3. The lowest BCUT2D eigenvalue weighted by Crippen LogP contribution is -2.34. The summed E-state index contributed by atoms with van der Waals surface area (Å²) in [5.74, 6) is 1.16. The Balaban J connectivity index is 1.75. The number of aryl methyl sites for hydroxylation is 2. The summed E-state index contributed by atoms with van der Waals surface area (Å²) in [7, 11) is 2.09. The van der Waals surface area contributed by atoms with Crippen LogP contribution in [0.1, 0.15) is 31.5 Å². The highest BCUT2D eigenvalue weighted by atomic mass is 35.5. The lowest BCUT2D eigenvalue weighted by molar-refractivity contribution is 0.380. The summed E-state index contributed by atoms with van der Waals surface area (Å²) in [6.07, 6.45) is 6.18. The molecule has 4 heteroatoms. The minimum atomic E-state index is 0.664. The summed E-state index contributed by atoms with van der Waals surface area (Å²) in [4.78, 5) is 4.71. The first-order chi connectivity index (χ1) is 9.24. The maximum absolute atomic E-state index is 6.02. The largest absolute Gasteiger partial charge is 0.331 e. The lowest BCUT2D eigenvalue weighted by atomic mass is 10.0. The summed E-state index contributed by atoms with van der Waals surface area (Å²) in [5.41, 5.74) is 2.16. The first-order valence-corrected chi connectivity index (χ1v) is 7.46. The Labute approximate surface area is 119 Å². The predicted molar refractivity (Wildman–Crippen MR) is 79.7 cm³/mol. The molecule has 1 N–H and O–H groups in total. The zero-order chi connectivity index (χ0) is 13.2. The molecule has 1 aliphatic heterocycles. The quantitative estimate of drug-likeness (QED) is 0.933. The van der Waals surface area contributed by atoms with E-state index in [0.717, 1.165) is 28.3 Å². The van der Waals surface area contributed by atoms with Gasteiger partial charge in [0.1, 0.15) is 5.82 Å². The van der Waals surface area contributed by atoms with Crippen LogP contribution in [0.15, 0.2) is 18.2 Å². The van der Waals surface area contributed by atoms with Crippen LogP contribution in [0.3, 0.4) is 0 Å². The van der Waals surface area contributed by atoms with Gasteiger partial charge in [0.05, 0.1) is 11.0 Å². The summed E-state index contributed by atoms with van der Waals surface area (Å²) < 4.78 is 2.19. The van der Waals surface area contributed by atoms with E-state index in [2.05, 4.69) is 16.9 Å². The Morgan fingerprint density at radius 3 is 3.11 bits per heavy atom. The molecule has 2 heterocycles. The molecule has 0 saturated carbocycles. The molecule has 1 saturated heterocycles. The van der Waals surface area contributed by atoms with E-state index < -0.39 is 0 Å². The van der Waals surface area contributed by atoms with Gasteiger partial charge in [-0.05, 0) is 44.0 Å². The Morgan fingerprint density at radius 1 is 1.42 bits per heavy atom. The SMILES string of the molecule is Cn1c(CCC2CCCCN2)nc2cc(Cl)ccc21. The minimum Gasteiger partial charge on any atom is -0.331 e. The molecule has 2 aromatic rings. The Bertz CT molecular complexity index is 570. The van der Waals surface area contributed by atoms with Gasteiger partial charge >= 0.3 is 0 Å². The summed E-state index contributed by atoms with van der Waals surface area (Å²) in [6, 6.07) is 6.58. The number of aromatic nitrogens is 2. The Kier molecular flexibility index (Phi) is 3.76. The number of hydrogen-bond acceptors (Lipinski definition) is 2. The number of nitrogens with zero attached hydrogens (tertiary/aromatic N) is 2. The lowest BCUT2D eigenvalue weighted by Gasteiger charge is -2.23. The maximum atomic E-state index is 6.02. The average Bonchev–Trinajstić information content (AvgIpc) is 2.74. The molecule has 0 amide bonds. The van der Waals surface area contributed by atoms with Crippen LogP contribution in [-0.2, 0) is 13.5 Å². The molecule has 3 rings (SSSR count). The van der Waals surface area contributed by atoms with Crippen LogP contribution in [0.5, 0.6) is 0 Å². The molecule has 1 aromatic carbocycles. The van der Waals surface area contributed by atoms with Crippen molar-refractivity contribution in [2.24, 2.45) is 7.05 Å². The highest BCUT2D eigenvalue weighted by Crippen LogP contribution is 2.21. The maximum Gasteiger partial charge on any atom is 0.109 e. The molecule has 1 aromatic heterocycles. The molecule has 0 spiro atoms.